The van der Waals surface area contributed by atoms with Gasteiger partial charge in [-0.1, -0.05) is 42.0 Å². The third kappa shape index (κ3) is 5.02. The Bertz CT molecular complexity index is 1380. The average Bonchev–Trinajstić information content (AvgIpc) is 3.20. The summed E-state index contributed by atoms with van der Waals surface area (Å²) < 4.78 is 21.6. The van der Waals surface area contributed by atoms with E-state index in [9.17, 15) is 14.7 Å². The Labute approximate surface area is 222 Å². The molecule has 0 aromatic heterocycles. The molecule has 0 aliphatic carbocycles. The van der Waals surface area contributed by atoms with Gasteiger partial charge in [-0.15, -0.1) is 0 Å². The van der Waals surface area contributed by atoms with Crippen LogP contribution in [0.15, 0.2) is 66.2 Å². The highest BCUT2D eigenvalue weighted by Crippen LogP contribution is 2.42. The maximum absolute atomic E-state index is 13.4. The number of hydrogen-bond acceptors (Lipinski definition) is 7. The van der Waals surface area contributed by atoms with Crippen molar-refractivity contribution in [3.63, 3.8) is 0 Å². The summed E-state index contributed by atoms with van der Waals surface area (Å²) in [5.41, 5.74) is 3.00. The van der Waals surface area contributed by atoms with Crippen molar-refractivity contribution in [1.82, 2.24) is 4.90 Å². The first kappa shape index (κ1) is 26.6. The highest BCUT2D eigenvalue weighted by molar-refractivity contribution is 6.46. The Hall–Kier alpha value is -4.46. The molecule has 3 aromatic carbocycles. The van der Waals surface area contributed by atoms with Gasteiger partial charge < -0.3 is 29.0 Å². The summed E-state index contributed by atoms with van der Waals surface area (Å²) in [6.07, 6.45) is 0.446. The van der Waals surface area contributed by atoms with E-state index in [0.29, 0.717) is 40.5 Å². The van der Waals surface area contributed by atoms with Gasteiger partial charge in [0.2, 0.25) is 0 Å². The van der Waals surface area contributed by atoms with Gasteiger partial charge in [0, 0.05) is 12.1 Å². The Balaban J connectivity index is 1.79. The molecule has 1 heterocycles. The molecule has 1 saturated heterocycles. The minimum atomic E-state index is -0.823. The second-order valence-corrected chi connectivity index (χ2v) is 8.91. The van der Waals surface area contributed by atoms with E-state index in [1.807, 2.05) is 31.2 Å². The number of ketones is 1. The van der Waals surface area contributed by atoms with Crippen LogP contribution in [0.2, 0.25) is 0 Å². The van der Waals surface area contributed by atoms with Gasteiger partial charge in [-0.2, -0.15) is 0 Å². The number of methoxy groups -OCH3 is 4. The number of benzene rings is 3. The summed E-state index contributed by atoms with van der Waals surface area (Å²) in [7, 11) is 6.17. The number of ether oxygens (including phenoxy) is 4. The van der Waals surface area contributed by atoms with Crippen LogP contribution in [0.4, 0.5) is 0 Å². The lowest BCUT2D eigenvalue weighted by molar-refractivity contribution is -0.139. The molecule has 8 heteroatoms. The number of aliphatic hydroxyl groups is 1. The van der Waals surface area contributed by atoms with Crippen LogP contribution in [-0.4, -0.2) is 56.7 Å². The Morgan fingerprint density at radius 3 is 1.97 bits per heavy atom. The Kier molecular flexibility index (Phi) is 7.90. The molecule has 1 aliphatic heterocycles. The number of aliphatic hydroxyl groups excluding tert-OH is 1. The van der Waals surface area contributed by atoms with E-state index in [-0.39, 0.29) is 17.9 Å². The zero-order valence-corrected chi connectivity index (χ0v) is 22.1. The van der Waals surface area contributed by atoms with Gasteiger partial charge in [0.05, 0.1) is 40.1 Å². The number of carbonyl (C=O) groups excluding carboxylic acids is 2. The summed E-state index contributed by atoms with van der Waals surface area (Å²) in [5.74, 6) is 0.483. The molecule has 0 unspecified atom stereocenters. The Morgan fingerprint density at radius 2 is 1.37 bits per heavy atom. The molecule has 1 amide bonds. The van der Waals surface area contributed by atoms with Crippen LogP contribution in [-0.2, 0) is 16.0 Å². The maximum atomic E-state index is 13.4. The van der Waals surface area contributed by atoms with E-state index in [4.69, 9.17) is 18.9 Å². The zero-order valence-electron chi connectivity index (χ0n) is 22.1. The third-order valence-corrected chi connectivity index (χ3v) is 6.68. The van der Waals surface area contributed by atoms with Crippen LogP contribution in [0.25, 0.3) is 5.76 Å². The van der Waals surface area contributed by atoms with E-state index >= 15 is 0 Å². The number of Topliss-reactive ketones (excluding diaryl/α,β-unsaturated/α-hetero) is 1. The minimum Gasteiger partial charge on any atom is -0.507 e. The third-order valence-electron chi connectivity index (χ3n) is 6.68. The SMILES string of the molecule is COc1ccc(CCN2C(=O)C(=O)C(=C(O)c3ccc(C)cc3)[C@H]2c2ccc(OC)c(OC)c2)cc1OC. The monoisotopic (exact) mass is 517 g/mol. The lowest BCUT2D eigenvalue weighted by atomic mass is 9.94. The number of nitrogens with zero attached hydrogens (tertiary/aromatic N) is 1. The second kappa shape index (κ2) is 11.3. The number of aryl methyl sites for hydroxylation is 1. The Morgan fingerprint density at radius 1 is 0.789 bits per heavy atom. The van der Waals surface area contributed by atoms with E-state index in [1.165, 1.54) is 19.1 Å². The minimum absolute atomic E-state index is 0.0263. The van der Waals surface area contributed by atoms with Crippen molar-refractivity contribution in [2.45, 2.75) is 19.4 Å². The normalized spacial score (nSPS) is 16.4. The first-order chi connectivity index (χ1) is 18.3. The van der Waals surface area contributed by atoms with Crippen LogP contribution in [0, 0.1) is 6.92 Å². The number of carbonyl (C=O) groups is 2. The summed E-state index contributed by atoms with van der Waals surface area (Å²) in [5, 5.41) is 11.3. The second-order valence-electron chi connectivity index (χ2n) is 8.91. The molecule has 0 bridgehead atoms. The molecule has 38 heavy (non-hydrogen) atoms. The van der Waals surface area contributed by atoms with Crippen molar-refractivity contribution in [3.05, 3.63) is 88.5 Å². The van der Waals surface area contributed by atoms with Crippen molar-refractivity contribution in [3.8, 4) is 23.0 Å². The molecule has 1 atom stereocenters. The molecule has 1 N–H and O–H groups in total. The number of amides is 1. The molecule has 3 aromatic rings. The summed E-state index contributed by atoms with van der Waals surface area (Å²) >= 11 is 0. The van der Waals surface area contributed by atoms with Gasteiger partial charge in [-0.3, -0.25) is 9.59 Å². The predicted molar refractivity (Wildman–Crippen MR) is 143 cm³/mol. The van der Waals surface area contributed by atoms with Crippen molar-refractivity contribution in [2.75, 3.05) is 35.0 Å². The van der Waals surface area contributed by atoms with Gasteiger partial charge >= 0.3 is 0 Å². The fourth-order valence-electron chi connectivity index (χ4n) is 4.63. The summed E-state index contributed by atoms with van der Waals surface area (Å²) in [6.45, 7) is 2.16. The van der Waals surface area contributed by atoms with Crippen molar-refractivity contribution >= 4 is 17.4 Å². The van der Waals surface area contributed by atoms with Crippen LogP contribution in [0.1, 0.15) is 28.3 Å². The molecular formula is C30H31NO7. The van der Waals surface area contributed by atoms with Gasteiger partial charge in [-0.25, -0.2) is 0 Å². The van der Waals surface area contributed by atoms with E-state index in [0.717, 1.165) is 11.1 Å². The lowest BCUT2D eigenvalue weighted by Gasteiger charge is -2.26. The largest absolute Gasteiger partial charge is 0.507 e. The fraction of sp³-hybridized carbons (Fsp3) is 0.267. The molecule has 1 aliphatic rings. The first-order valence-corrected chi connectivity index (χ1v) is 12.1. The van der Waals surface area contributed by atoms with E-state index < -0.39 is 17.7 Å². The van der Waals surface area contributed by atoms with Crippen LogP contribution in [0.5, 0.6) is 23.0 Å². The number of hydrogen-bond donors (Lipinski definition) is 1. The number of rotatable bonds is 9. The molecule has 0 radical (unpaired) electrons. The lowest BCUT2D eigenvalue weighted by Crippen LogP contribution is -2.31. The van der Waals surface area contributed by atoms with Crippen LogP contribution >= 0.6 is 0 Å². The highest BCUT2D eigenvalue weighted by Gasteiger charge is 2.46. The highest BCUT2D eigenvalue weighted by atomic mass is 16.5. The molecular weight excluding hydrogens is 486 g/mol. The zero-order chi connectivity index (χ0) is 27.4. The molecule has 0 spiro atoms. The van der Waals surface area contributed by atoms with Gasteiger partial charge in [0.1, 0.15) is 5.76 Å². The van der Waals surface area contributed by atoms with Gasteiger partial charge in [0.15, 0.2) is 23.0 Å². The van der Waals surface area contributed by atoms with E-state index in [1.54, 1.807) is 50.6 Å². The number of likely N-dealkylation sites (tertiary alicyclic amines) is 1. The smallest absolute Gasteiger partial charge is 0.295 e. The standard InChI is InChI=1S/C30H31NO7/c1-18-6-9-20(10-7-18)28(32)26-27(21-11-13-23(36-3)25(17-21)38-5)31(30(34)29(26)33)15-14-19-8-12-22(35-2)24(16-19)37-4/h6-13,16-17,27,32H,14-15H2,1-5H3/t27-/m1/s1. The predicted octanol–water partition coefficient (Wildman–Crippen LogP) is 4.69. The van der Waals surface area contributed by atoms with Crippen molar-refractivity contribution in [1.29, 1.82) is 0 Å². The molecule has 198 valence electrons. The quantitative estimate of drug-likeness (QED) is 0.250. The molecule has 8 nitrogen and oxygen atoms in total. The van der Waals surface area contributed by atoms with Crippen LogP contribution in [0.3, 0.4) is 0 Å². The molecule has 4 rings (SSSR count). The fourth-order valence-corrected chi connectivity index (χ4v) is 4.63. The van der Waals surface area contributed by atoms with Crippen LogP contribution < -0.4 is 18.9 Å². The van der Waals surface area contributed by atoms with Crippen molar-refractivity contribution in [2.24, 2.45) is 0 Å². The average molecular weight is 518 g/mol. The maximum Gasteiger partial charge on any atom is 0.295 e. The van der Waals surface area contributed by atoms with E-state index in [2.05, 4.69) is 0 Å². The summed E-state index contributed by atoms with van der Waals surface area (Å²) in [6, 6.07) is 17.0. The van der Waals surface area contributed by atoms with Crippen molar-refractivity contribution < 1.29 is 33.6 Å². The summed E-state index contributed by atoms with van der Waals surface area (Å²) in [4.78, 5) is 28.2. The first-order valence-electron chi connectivity index (χ1n) is 12.1. The molecule has 1 fully saturated rings. The van der Waals surface area contributed by atoms with Gasteiger partial charge in [0.25, 0.3) is 11.7 Å². The topological polar surface area (TPSA) is 94.5 Å². The molecule has 0 saturated carbocycles. The van der Waals surface area contributed by atoms with Gasteiger partial charge in [-0.05, 0) is 48.7 Å².